The molecule has 2 rings (SSSR count). The smallest absolute Gasteiger partial charge is 1.00 e. The molecule has 0 aromatic heterocycles. The van der Waals surface area contributed by atoms with Crippen LogP contribution in [0.4, 0.5) is 4.79 Å². The maximum atomic E-state index is 12.0. The van der Waals surface area contributed by atoms with Crippen molar-refractivity contribution in [1.82, 2.24) is 5.32 Å². The number of carbonyl (C=O) groups excluding carboxylic acids is 4. The third-order valence-electron chi connectivity index (χ3n) is 4.96. The third-order valence-corrected chi connectivity index (χ3v) is 4.96. The van der Waals surface area contributed by atoms with Crippen LogP contribution < -0.4 is 75.4 Å². The van der Waals surface area contributed by atoms with Crippen molar-refractivity contribution in [3.8, 4) is 0 Å². The molecule has 2 aromatic rings. The molecule has 1 amide bonds. The first-order valence-electron chi connectivity index (χ1n) is 12.8. The molecule has 45 heavy (non-hydrogen) atoms. The molecule has 0 aliphatic heterocycles. The number of rotatable bonds is 15. The summed E-state index contributed by atoms with van der Waals surface area (Å²) in [5, 5.41) is 27.9. The van der Waals surface area contributed by atoms with Crippen LogP contribution in [-0.2, 0) is 56.3 Å². The predicted octanol–water partition coefficient (Wildman–Crippen LogP) is -4.81. The second-order valence-corrected chi connectivity index (χ2v) is 8.27. The SMILES string of the molecule is CCOC(=O)N[C@H](CCC(=O)O)C(=O)OCc1ccccc1.N[C@H](CCC(=O)O)C(=O)OCc1ccccc1.O=CO[O-].[H-].[Na+].[Na+]. The first-order chi connectivity index (χ1) is 20.5. The molecule has 238 valence electrons. The number of carbonyl (C=O) groups is 6. The van der Waals surface area contributed by atoms with E-state index in [9.17, 15) is 24.0 Å². The van der Waals surface area contributed by atoms with Crippen LogP contribution in [0, 0.1) is 0 Å². The fourth-order valence-electron chi connectivity index (χ4n) is 2.89. The van der Waals surface area contributed by atoms with E-state index in [2.05, 4.69) is 14.9 Å². The number of carboxylic acids is 2. The topological polar surface area (TPSA) is 241 Å². The van der Waals surface area contributed by atoms with E-state index in [1.807, 2.05) is 48.5 Å². The summed E-state index contributed by atoms with van der Waals surface area (Å²) in [7, 11) is 0. The average Bonchev–Trinajstić information content (AvgIpc) is 3.00. The van der Waals surface area contributed by atoms with Gasteiger partial charge in [-0.05, 0) is 30.9 Å². The molecule has 2 atom stereocenters. The molecule has 0 saturated carbocycles. The van der Waals surface area contributed by atoms with E-state index >= 15 is 0 Å². The Morgan fingerprint density at radius 3 is 1.64 bits per heavy atom. The van der Waals surface area contributed by atoms with Gasteiger partial charge in [0.25, 0.3) is 6.47 Å². The van der Waals surface area contributed by atoms with Gasteiger partial charge in [0.05, 0.1) is 6.61 Å². The Balaban J connectivity index is -0.000000331. The van der Waals surface area contributed by atoms with E-state index in [0.717, 1.165) is 11.1 Å². The Labute approximate surface area is 305 Å². The normalized spacial score (nSPS) is 10.5. The molecule has 0 saturated heterocycles. The van der Waals surface area contributed by atoms with Gasteiger partial charge >= 0.3 is 89.1 Å². The van der Waals surface area contributed by atoms with E-state index in [-0.39, 0.29) is 113 Å². The molecule has 2 aromatic carbocycles. The largest absolute Gasteiger partial charge is 1.00 e. The van der Waals surface area contributed by atoms with E-state index < -0.39 is 42.1 Å². The summed E-state index contributed by atoms with van der Waals surface area (Å²) in [4.78, 5) is 66.9. The Hall–Kier alpha value is -3.02. The zero-order chi connectivity index (χ0) is 32.5. The standard InChI is InChI=1S/C15H19NO6.C12H15NO4.CH2O3.2Na.H/c1-2-21-15(20)16-12(8-9-13(17)18)14(19)22-10-11-6-4-3-5-7-11;13-10(6-7-11(14)15)12(16)17-8-9-4-2-1-3-5-9;2-1-4-3;;;/h3-7,12H,2,8-10H2,1H3,(H,16,20)(H,17,18);1-5,10H,6-8,13H2,(H,14,15);1,3H;;;/q;;;2*+1;-1/p-1/t12-;10-;;;;/m11..../s1. The van der Waals surface area contributed by atoms with Gasteiger partial charge in [-0.2, -0.15) is 0 Å². The molecule has 15 nitrogen and oxygen atoms in total. The quantitative estimate of drug-likeness (QED) is 0.0352. The molecule has 0 radical (unpaired) electrons. The number of aliphatic carboxylic acids is 2. The van der Waals surface area contributed by atoms with Crippen molar-refractivity contribution >= 4 is 36.4 Å². The molecule has 0 bridgehead atoms. The van der Waals surface area contributed by atoms with Gasteiger partial charge in [0.15, 0.2) is 0 Å². The number of benzene rings is 2. The Bertz CT molecular complexity index is 1130. The van der Waals surface area contributed by atoms with E-state index in [1.165, 1.54) is 0 Å². The number of ether oxygens (including phenoxy) is 3. The van der Waals surface area contributed by atoms with Crippen LogP contribution in [0.2, 0.25) is 0 Å². The number of nitrogens with one attached hydrogen (secondary N) is 1. The van der Waals surface area contributed by atoms with E-state index in [0.29, 0.717) is 0 Å². The second kappa shape index (κ2) is 29.7. The maximum absolute atomic E-state index is 12.0. The van der Waals surface area contributed by atoms with Gasteiger partial charge in [-0.1, -0.05) is 60.7 Å². The second-order valence-electron chi connectivity index (χ2n) is 8.27. The van der Waals surface area contributed by atoms with E-state index in [4.69, 9.17) is 35.5 Å². The first kappa shape index (κ1) is 46.4. The van der Waals surface area contributed by atoms with Crippen LogP contribution in [0.15, 0.2) is 60.7 Å². The van der Waals surface area contributed by atoms with Crippen LogP contribution in [-0.4, -0.2) is 65.3 Å². The number of nitrogens with two attached hydrogens (primary N) is 1. The molecule has 5 N–H and O–H groups in total. The fourth-order valence-corrected chi connectivity index (χ4v) is 2.89. The van der Waals surface area contributed by atoms with Gasteiger partial charge in [0, 0.05) is 12.8 Å². The van der Waals surface area contributed by atoms with Crippen LogP contribution >= 0.6 is 0 Å². The summed E-state index contributed by atoms with van der Waals surface area (Å²) in [6.07, 6.45) is -1.17. The Kier molecular flexibility index (Phi) is 30.6. The summed E-state index contributed by atoms with van der Waals surface area (Å²) in [6, 6.07) is 16.3. The molecular formula is C28H36N2Na2O13. The van der Waals surface area contributed by atoms with Gasteiger partial charge < -0.3 is 47.0 Å². The number of hydrogen-bond donors (Lipinski definition) is 4. The Morgan fingerprint density at radius 2 is 1.24 bits per heavy atom. The summed E-state index contributed by atoms with van der Waals surface area (Å²) >= 11 is 0. The summed E-state index contributed by atoms with van der Waals surface area (Å²) < 4.78 is 14.8. The van der Waals surface area contributed by atoms with Crippen LogP contribution in [0.3, 0.4) is 0 Å². The van der Waals surface area contributed by atoms with Gasteiger partial charge in [0.2, 0.25) is 0 Å². The van der Waals surface area contributed by atoms with Crippen molar-refractivity contribution < 1.29 is 124 Å². The third kappa shape index (κ3) is 26.0. The molecule has 0 unspecified atom stereocenters. The van der Waals surface area contributed by atoms with Crippen LogP contribution in [0.1, 0.15) is 45.2 Å². The molecule has 0 spiro atoms. The van der Waals surface area contributed by atoms with Crippen molar-refractivity contribution in [3.05, 3.63) is 71.8 Å². The summed E-state index contributed by atoms with van der Waals surface area (Å²) in [5.74, 6) is -3.31. The minimum Gasteiger partial charge on any atom is -1.00 e. The number of amides is 1. The van der Waals surface area contributed by atoms with Gasteiger partial charge in [-0.15, -0.1) is 0 Å². The number of alkyl carbamates (subject to hydrolysis) is 1. The number of hydrogen-bond acceptors (Lipinski definition) is 12. The fraction of sp³-hybridized carbons (Fsp3) is 0.357. The molecule has 0 fully saturated rings. The maximum Gasteiger partial charge on any atom is 1.00 e. The van der Waals surface area contributed by atoms with Crippen LogP contribution in [0.25, 0.3) is 0 Å². The summed E-state index contributed by atoms with van der Waals surface area (Å²) in [6.45, 7) is 1.80. The number of carboxylic acid groups (broad SMARTS) is 2. The minimum atomic E-state index is -1.06. The zero-order valence-electron chi connectivity index (χ0n) is 26.4. The zero-order valence-corrected chi connectivity index (χ0v) is 29.4. The van der Waals surface area contributed by atoms with Crippen molar-refractivity contribution in [2.45, 2.75) is 57.9 Å². The molecule has 0 heterocycles. The Morgan fingerprint density at radius 1 is 0.822 bits per heavy atom. The molecule has 0 aliphatic rings. The molecule has 17 heteroatoms. The van der Waals surface area contributed by atoms with Crippen LogP contribution in [0.5, 0.6) is 0 Å². The average molecular weight is 655 g/mol. The molecule has 0 aliphatic carbocycles. The van der Waals surface area contributed by atoms with Crippen molar-refractivity contribution in [2.75, 3.05) is 6.61 Å². The first-order valence-corrected chi connectivity index (χ1v) is 12.8. The monoisotopic (exact) mass is 654 g/mol. The van der Waals surface area contributed by atoms with Gasteiger partial charge in [0.1, 0.15) is 25.3 Å². The van der Waals surface area contributed by atoms with Crippen molar-refractivity contribution in [1.29, 1.82) is 0 Å². The predicted molar refractivity (Wildman–Crippen MR) is 146 cm³/mol. The number of esters is 2. The van der Waals surface area contributed by atoms with E-state index in [1.54, 1.807) is 19.1 Å². The van der Waals surface area contributed by atoms with Crippen molar-refractivity contribution in [2.24, 2.45) is 5.73 Å². The van der Waals surface area contributed by atoms with Gasteiger partial charge in [-0.3, -0.25) is 19.2 Å². The summed E-state index contributed by atoms with van der Waals surface area (Å²) in [5.41, 5.74) is 7.15. The minimum absolute atomic E-state index is 0. The molecular weight excluding hydrogens is 618 g/mol. The van der Waals surface area contributed by atoms with Crippen molar-refractivity contribution in [3.63, 3.8) is 0 Å². The van der Waals surface area contributed by atoms with Gasteiger partial charge in [-0.25, -0.2) is 9.59 Å².